The lowest BCUT2D eigenvalue weighted by Gasteiger charge is -2.26. The van der Waals surface area contributed by atoms with Crippen molar-refractivity contribution in [2.24, 2.45) is 10.9 Å². The van der Waals surface area contributed by atoms with Gasteiger partial charge in [0.2, 0.25) is 0 Å². The number of nitrogens with one attached hydrogen (secondary N) is 2. The smallest absolute Gasteiger partial charge is 0.253 e. The second-order valence-corrected chi connectivity index (χ2v) is 8.69. The predicted octanol–water partition coefficient (Wildman–Crippen LogP) is 3.97. The summed E-state index contributed by atoms with van der Waals surface area (Å²) in [6, 6.07) is 16.0. The largest absolute Gasteiger partial charge is 0.493 e. The van der Waals surface area contributed by atoms with E-state index in [-0.39, 0.29) is 5.91 Å². The topological polar surface area (TPSA) is 66.0 Å². The first-order chi connectivity index (χ1) is 15.7. The van der Waals surface area contributed by atoms with Gasteiger partial charge in [-0.2, -0.15) is 0 Å². The molecular weight excluding hydrogens is 400 g/mol. The Labute approximate surface area is 191 Å². The highest BCUT2D eigenvalue weighted by atomic mass is 16.5. The van der Waals surface area contributed by atoms with Crippen molar-refractivity contribution in [3.63, 3.8) is 0 Å². The van der Waals surface area contributed by atoms with Crippen LogP contribution in [-0.2, 0) is 13.1 Å². The number of amides is 1. The Kier molecular flexibility index (Phi) is 7.64. The van der Waals surface area contributed by atoms with Crippen LogP contribution in [0.5, 0.6) is 5.75 Å². The second kappa shape index (κ2) is 11.0. The molecule has 2 fully saturated rings. The number of hydrogen-bond acceptors (Lipinski definition) is 3. The van der Waals surface area contributed by atoms with Gasteiger partial charge in [0.1, 0.15) is 5.75 Å². The summed E-state index contributed by atoms with van der Waals surface area (Å²) in [6.45, 7) is 3.83. The van der Waals surface area contributed by atoms with Crippen LogP contribution in [0.4, 0.5) is 0 Å². The van der Waals surface area contributed by atoms with Gasteiger partial charge in [-0.1, -0.05) is 30.3 Å². The highest BCUT2D eigenvalue weighted by Crippen LogP contribution is 2.30. The van der Waals surface area contributed by atoms with Crippen molar-refractivity contribution in [1.82, 2.24) is 15.5 Å². The summed E-state index contributed by atoms with van der Waals surface area (Å²) >= 11 is 0. The van der Waals surface area contributed by atoms with Gasteiger partial charge >= 0.3 is 0 Å². The van der Waals surface area contributed by atoms with E-state index in [9.17, 15) is 4.79 Å². The van der Waals surface area contributed by atoms with Crippen molar-refractivity contribution in [3.8, 4) is 5.75 Å². The summed E-state index contributed by atoms with van der Waals surface area (Å²) in [7, 11) is 1.77. The first kappa shape index (κ1) is 22.2. The third kappa shape index (κ3) is 6.25. The summed E-state index contributed by atoms with van der Waals surface area (Å²) in [6.07, 6.45) is 6.01. The number of nitrogens with zero attached hydrogens (tertiary/aromatic N) is 2. The van der Waals surface area contributed by atoms with Gasteiger partial charge in [0.05, 0.1) is 6.61 Å². The summed E-state index contributed by atoms with van der Waals surface area (Å²) in [5.74, 6) is 2.54. The van der Waals surface area contributed by atoms with Crippen molar-refractivity contribution >= 4 is 11.9 Å². The van der Waals surface area contributed by atoms with E-state index in [0.717, 1.165) is 66.9 Å². The van der Waals surface area contributed by atoms with Gasteiger partial charge in [0.25, 0.3) is 5.91 Å². The lowest BCUT2D eigenvalue weighted by molar-refractivity contribution is 0.0724. The average molecular weight is 435 g/mol. The second-order valence-electron chi connectivity index (χ2n) is 8.69. The Morgan fingerprint density at radius 1 is 1.00 bits per heavy atom. The van der Waals surface area contributed by atoms with E-state index < -0.39 is 0 Å². The lowest BCUT2D eigenvalue weighted by atomic mass is 10.1. The molecule has 1 saturated carbocycles. The van der Waals surface area contributed by atoms with Crippen molar-refractivity contribution < 1.29 is 9.53 Å². The minimum absolute atomic E-state index is 0.143. The predicted molar refractivity (Wildman–Crippen MR) is 128 cm³/mol. The molecule has 32 heavy (non-hydrogen) atoms. The van der Waals surface area contributed by atoms with Crippen molar-refractivity contribution in [2.45, 2.75) is 45.2 Å². The number of rotatable bonds is 8. The molecule has 2 aliphatic rings. The Hall–Kier alpha value is -3.02. The summed E-state index contributed by atoms with van der Waals surface area (Å²) in [5.41, 5.74) is 2.99. The summed E-state index contributed by atoms with van der Waals surface area (Å²) in [5, 5.41) is 6.72. The van der Waals surface area contributed by atoms with Crippen LogP contribution in [0.25, 0.3) is 0 Å². The molecule has 0 bridgehead atoms. The zero-order valence-corrected chi connectivity index (χ0v) is 19.0. The lowest BCUT2D eigenvalue weighted by Crippen LogP contribution is -2.36. The number of carbonyl (C=O) groups excluding carboxylic acids is 1. The van der Waals surface area contributed by atoms with Crippen molar-refractivity contribution in [3.05, 3.63) is 65.2 Å². The van der Waals surface area contributed by atoms with Crippen LogP contribution in [0.15, 0.2) is 53.5 Å². The molecule has 2 aromatic rings. The van der Waals surface area contributed by atoms with E-state index in [0.29, 0.717) is 13.1 Å². The Morgan fingerprint density at radius 2 is 1.72 bits per heavy atom. The van der Waals surface area contributed by atoms with Gasteiger partial charge in [-0.25, -0.2) is 0 Å². The molecule has 0 aromatic heterocycles. The molecule has 0 atom stereocenters. The zero-order chi connectivity index (χ0) is 22.2. The maximum Gasteiger partial charge on any atom is 0.253 e. The monoisotopic (exact) mass is 434 g/mol. The molecule has 1 aliphatic carbocycles. The molecule has 6 nitrogen and oxygen atoms in total. The van der Waals surface area contributed by atoms with Gasteiger partial charge in [0, 0.05) is 44.4 Å². The molecule has 170 valence electrons. The Bertz CT molecular complexity index is 916. The maximum absolute atomic E-state index is 12.6. The molecule has 0 radical (unpaired) electrons. The normalized spacial score (nSPS) is 16.5. The molecule has 0 unspecified atom stereocenters. The first-order valence-electron chi connectivity index (χ1n) is 11.8. The number of carbonyl (C=O) groups is 1. The number of ether oxygens (including phenoxy) is 1. The molecule has 6 heteroatoms. The Balaban J connectivity index is 1.26. The van der Waals surface area contributed by atoms with Crippen LogP contribution in [0.2, 0.25) is 0 Å². The van der Waals surface area contributed by atoms with Gasteiger partial charge in [-0.3, -0.25) is 9.79 Å². The molecule has 1 amide bonds. The van der Waals surface area contributed by atoms with Gasteiger partial charge in [0.15, 0.2) is 5.96 Å². The van der Waals surface area contributed by atoms with E-state index >= 15 is 0 Å². The number of benzene rings is 2. The highest BCUT2D eigenvalue weighted by Gasteiger charge is 2.22. The quantitative estimate of drug-likeness (QED) is 0.487. The molecule has 0 spiro atoms. The summed E-state index contributed by atoms with van der Waals surface area (Å²) < 4.78 is 6.00. The van der Waals surface area contributed by atoms with Crippen LogP contribution in [-0.4, -0.2) is 43.5 Å². The van der Waals surface area contributed by atoms with Crippen LogP contribution >= 0.6 is 0 Å². The number of hydrogen-bond donors (Lipinski definition) is 2. The molecule has 4 rings (SSSR count). The fourth-order valence-corrected chi connectivity index (χ4v) is 3.91. The van der Waals surface area contributed by atoms with Gasteiger partial charge in [-0.05, 0) is 61.8 Å². The van der Waals surface area contributed by atoms with E-state index in [4.69, 9.17) is 4.74 Å². The minimum Gasteiger partial charge on any atom is -0.493 e. The maximum atomic E-state index is 12.6. The SMILES string of the molecule is CN=C(NCc1ccc(C(=O)N2CCCCC2)cc1)NCc1ccccc1OCC1CC1. The van der Waals surface area contributed by atoms with Gasteiger partial charge in [-0.15, -0.1) is 0 Å². The molecule has 2 N–H and O–H groups in total. The van der Waals surface area contributed by atoms with Gasteiger partial charge < -0.3 is 20.3 Å². The molecular formula is C26H34N4O2. The summed E-state index contributed by atoms with van der Waals surface area (Å²) in [4.78, 5) is 18.9. The fraction of sp³-hybridized carbons (Fsp3) is 0.462. The number of guanidine groups is 1. The van der Waals surface area contributed by atoms with Crippen molar-refractivity contribution in [2.75, 3.05) is 26.7 Å². The zero-order valence-electron chi connectivity index (χ0n) is 19.0. The third-order valence-corrected chi connectivity index (χ3v) is 6.12. The van der Waals surface area contributed by atoms with Crippen LogP contribution in [0.1, 0.15) is 53.6 Å². The van der Waals surface area contributed by atoms with E-state index in [1.54, 1.807) is 7.05 Å². The minimum atomic E-state index is 0.143. The highest BCUT2D eigenvalue weighted by molar-refractivity contribution is 5.94. The first-order valence-corrected chi connectivity index (χ1v) is 11.8. The fourth-order valence-electron chi connectivity index (χ4n) is 3.91. The van der Waals surface area contributed by atoms with E-state index in [1.807, 2.05) is 47.4 Å². The van der Waals surface area contributed by atoms with E-state index in [2.05, 4.69) is 21.7 Å². The van der Waals surface area contributed by atoms with Crippen LogP contribution < -0.4 is 15.4 Å². The number of piperidine rings is 1. The van der Waals surface area contributed by atoms with Crippen molar-refractivity contribution in [1.29, 1.82) is 0 Å². The Morgan fingerprint density at radius 3 is 2.44 bits per heavy atom. The number of likely N-dealkylation sites (tertiary alicyclic amines) is 1. The number of aliphatic imine (C=N–C) groups is 1. The molecule has 1 aliphatic heterocycles. The average Bonchev–Trinajstić information content (AvgIpc) is 3.68. The standard InChI is InChI=1S/C26H34N4O2/c1-27-26(29-18-23-7-3-4-8-24(23)32-19-21-9-10-21)28-17-20-11-13-22(14-12-20)25(31)30-15-5-2-6-16-30/h3-4,7-8,11-14,21H,2,5-6,9-10,15-19H2,1H3,(H2,27,28,29). The van der Waals surface area contributed by atoms with Crippen LogP contribution in [0, 0.1) is 5.92 Å². The van der Waals surface area contributed by atoms with E-state index in [1.165, 1.54) is 19.3 Å². The number of para-hydroxylation sites is 1. The molecule has 2 aromatic carbocycles. The molecule has 1 heterocycles. The van der Waals surface area contributed by atoms with Crippen LogP contribution in [0.3, 0.4) is 0 Å². The third-order valence-electron chi connectivity index (χ3n) is 6.12. The molecule has 1 saturated heterocycles.